The van der Waals surface area contributed by atoms with E-state index in [0.29, 0.717) is 17.7 Å². The molecule has 0 unspecified atom stereocenters. The van der Waals surface area contributed by atoms with Gasteiger partial charge >= 0.3 is 0 Å². The molecule has 0 bridgehead atoms. The average Bonchev–Trinajstić information content (AvgIpc) is 2.66. The first-order valence-electron chi connectivity index (χ1n) is 8.97. The summed E-state index contributed by atoms with van der Waals surface area (Å²) >= 11 is 0. The van der Waals surface area contributed by atoms with Crippen molar-refractivity contribution in [1.29, 1.82) is 0 Å². The van der Waals surface area contributed by atoms with Gasteiger partial charge in [0.1, 0.15) is 0 Å². The van der Waals surface area contributed by atoms with Crippen molar-refractivity contribution in [2.45, 2.75) is 39.0 Å². The molecule has 0 heterocycles. The number of unbranched alkanes of at least 4 members (excludes halogenated alkanes) is 3. The number of amides is 2. The van der Waals surface area contributed by atoms with E-state index in [2.05, 4.69) is 22.8 Å². The van der Waals surface area contributed by atoms with Crippen molar-refractivity contribution in [1.82, 2.24) is 5.43 Å². The van der Waals surface area contributed by atoms with Crippen LogP contribution in [0.5, 0.6) is 0 Å². The van der Waals surface area contributed by atoms with Crippen LogP contribution in [0.25, 0.3) is 0 Å². The standard InChI is InChI=1S/C21H25N3O2/c1-2-3-4-8-14-20(25)23-19-13-9-12-18(15-19)21(26)24-22-16-17-10-6-5-7-11-17/h5-7,9-13,15-16H,2-4,8,14H2,1H3,(H,23,25)(H,24,26)/b22-16+. The van der Waals surface area contributed by atoms with Gasteiger partial charge in [-0.25, -0.2) is 5.43 Å². The largest absolute Gasteiger partial charge is 0.326 e. The van der Waals surface area contributed by atoms with Crippen LogP contribution in [0, 0.1) is 0 Å². The van der Waals surface area contributed by atoms with Crippen LogP contribution < -0.4 is 10.7 Å². The van der Waals surface area contributed by atoms with Crippen LogP contribution in [0.15, 0.2) is 59.7 Å². The van der Waals surface area contributed by atoms with E-state index in [9.17, 15) is 9.59 Å². The topological polar surface area (TPSA) is 70.6 Å². The molecular weight excluding hydrogens is 326 g/mol. The van der Waals surface area contributed by atoms with Crippen LogP contribution in [0.4, 0.5) is 5.69 Å². The zero-order valence-electron chi connectivity index (χ0n) is 15.1. The summed E-state index contributed by atoms with van der Waals surface area (Å²) in [6.07, 6.45) is 6.31. The maximum Gasteiger partial charge on any atom is 0.271 e. The van der Waals surface area contributed by atoms with Crippen LogP contribution in [-0.2, 0) is 4.79 Å². The van der Waals surface area contributed by atoms with Gasteiger partial charge in [-0.15, -0.1) is 0 Å². The molecule has 0 atom stereocenters. The van der Waals surface area contributed by atoms with E-state index in [-0.39, 0.29) is 11.8 Å². The van der Waals surface area contributed by atoms with Crippen LogP contribution in [0.2, 0.25) is 0 Å². The van der Waals surface area contributed by atoms with Gasteiger partial charge in [0.25, 0.3) is 5.91 Å². The van der Waals surface area contributed by atoms with Crippen LogP contribution in [0.1, 0.15) is 54.9 Å². The van der Waals surface area contributed by atoms with Gasteiger partial charge in [0.05, 0.1) is 6.21 Å². The Morgan fingerprint density at radius 2 is 1.81 bits per heavy atom. The molecule has 2 amide bonds. The number of carbonyl (C=O) groups excluding carboxylic acids is 2. The summed E-state index contributed by atoms with van der Waals surface area (Å²) in [7, 11) is 0. The molecule has 2 rings (SSSR count). The highest BCUT2D eigenvalue weighted by atomic mass is 16.2. The predicted molar refractivity (Wildman–Crippen MR) is 105 cm³/mol. The number of nitrogens with zero attached hydrogens (tertiary/aromatic N) is 1. The van der Waals surface area contributed by atoms with Crippen molar-refractivity contribution in [3.8, 4) is 0 Å². The molecule has 0 aliphatic rings. The third kappa shape index (κ3) is 6.89. The van der Waals surface area contributed by atoms with Gasteiger partial charge in [0.2, 0.25) is 5.91 Å². The fourth-order valence-corrected chi connectivity index (χ4v) is 2.44. The smallest absolute Gasteiger partial charge is 0.271 e. The summed E-state index contributed by atoms with van der Waals surface area (Å²) in [4.78, 5) is 24.1. The lowest BCUT2D eigenvalue weighted by Gasteiger charge is -2.07. The highest BCUT2D eigenvalue weighted by Crippen LogP contribution is 2.12. The van der Waals surface area contributed by atoms with Crippen molar-refractivity contribution in [2.24, 2.45) is 5.10 Å². The molecule has 2 aromatic rings. The fourth-order valence-electron chi connectivity index (χ4n) is 2.44. The Hall–Kier alpha value is -2.95. The summed E-state index contributed by atoms with van der Waals surface area (Å²) in [6.45, 7) is 2.14. The lowest BCUT2D eigenvalue weighted by Crippen LogP contribution is -2.18. The van der Waals surface area contributed by atoms with Gasteiger partial charge in [-0.05, 0) is 30.2 Å². The van der Waals surface area contributed by atoms with E-state index in [0.717, 1.165) is 31.2 Å². The van der Waals surface area contributed by atoms with Crippen molar-refractivity contribution in [3.05, 3.63) is 65.7 Å². The molecule has 0 aromatic heterocycles. The first-order chi connectivity index (χ1) is 12.7. The lowest BCUT2D eigenvalue weighted by molar-refractivity contribution is -0.116. The number of hydrazone groups is 1. The zero-order valence-corrected chi connectivity index (χ0v) is 15.1. The quantitative estimate of drug-likeness (QED) is 0.400. The van der Waals surface area contributed by atoms with E-state index in [4.69, 9.17) is 0 Å². The Balaban J connectivity index is 1.86. The Morgan fingerprint density at radius 1 is 1.00 bits per heavy atom. The van der Waals surface area contributed by atoms with Gasteiger partial charge < -0.3 is 5.32 Å². The molecule has 0 aliphatic carbocycles. The van der Waals surface area contributed by atoms with Crippen molar-refractivity contribution < 1.29 is 9.59 Å². The molecule has 0 aliphatic heterocycles. The highest BCUT2D eigenvalue weighted by molar-refractivity contribution is 5.97. The zero-order chi connectivity index (χ0) is 18.6. The second-order valence-electron chi connectivity index (χ2n) is 6.05. The molecule has 0 saturated heterocycles. The van der Waals surface area contributed by atoms with Gasteiger partial charge in [0.15, 0.2) is 0 Å². The van der Waals surface area contributed by atoms with Crippen LogP contribution >= 0.6 is 0 Å². The average molecular weight is 351 g/mol. The molecule has 5 nitrogen and oxygen atoms in total. The Bertz CT molecular complexity index is 742. The van der Waals surface area contributed by atoms with Gasteiger partial charge in [-0.2, -0.15) is 5.10 Å². The second kappa shape index (κ2) is 10.8. The first kappa shape index (κ1) is 19.4. The van der Waals surface area contributed by atoms with Crippen LogP contribution in [0.3, 0.4) is 0 Å². The summed E-state index contributed by atoms with van der Waals surface area (Å²) in [6, 6.07) is 16.4. The van der Waals surface area contributed by atoms with Crippen molar-refractivity contribution >= 4 is 23.7 Å². The summed E-state index contributed by atoms with van der Waals surface area (Å²) in [5.74, 6) is -0.350. The van der Waals surface area contributed by atoms with Gasteiger partial charge in [-0.3, -0.25) is 9.59 Å². The SMILES string of the molecule is CCCCCCC(=O)Nc1cccc(C(=O)N/N=C/c2ccccc2)c1. The fraction of sp³-hybridized carbons (Fsp3) is 0.286. The third-order valence-electron chi connectivity index (χ3n) is 3.85. The number of hydrogen-bond donors (Lipinski definition) is 2. The Morgan fingerprint density at radius 3 is 2.58 bits per heavy atom. The Labute approximate surface area is 154 Å². The van der Waals surface area contributed by atoms with Gasteiger partial charge in [-0.1, -0.05) is 62.6 Å². The van der Waals surface area contributed by atoms with E-state index in [1.807, 2.05) is 30.3 Å². The molecule has 0 radical (unpaired) electrons. The van der Waals surface area contributed by atoms with E-state index in [1.165, 1.54) is 0 Å². The number of carbonyl (C=O) groups is 2. The molecule has 5 heteroatoms. The Kier molecular flexibility index (Phi) is 8.06. The molecule has 26 heavy (non-hydrogen) atoms. The lowest BCUT2D eigenvalue weighted by atomic mass is 10.1. The van der Waals surface area contributed by atoms with Crippen LogP contribution in [-0.4, -0.2) is 18.0 Å². The number of nitrogens with one attached hydrogen (secondary N) is 2. The van der Waals surface area contributed by atoms with Crippen molar-refractivity contribution in [2.75, 3.05) is 5.32 Å². The first-order valence-corrected chi connectivity index (χ1v) is 8.97. The van der Waals surface area contributed by atoms with Gasteiger partial charge in [0, 0.05) is 17.7 Å². The number of hydrogen-bond acceptors (Lipinski definition) is 3. The normalized spacial score (nSPS) is 10.7. The van der Waals surface area contributed by atoms with E-state index in [1.54, 1.807) is 30.5 Å². The number of rotatable bonds is 9. The molecule has 0 saturated carbocycles. The second-order valence-corrected chi connectivity index (χ2v) is 6.05. The highest BCUT2D eigenvalue weighted by Gasteiger charge is 2.07. The van der Waals surface area contributed by atoms with Crippen molar-refractivity contribution in [3.63, 3.8) is 0 Å². The number of benzene rings is 2. The molecule has 2 aromatic carbocycles. The molecule has 136 valence electrons. The van der Waals surface area contributed by atoms with E-state index < -0.39 is 0 Å². The monoisotopic (exact) mass is 351 g/mol. The predicted octanol–water partition coefficient (Wildman–Crippen LogP) is 4.36. The molecule has 2 N–H and O–H groups in total. The maximum atomic E-state index is 12.2. The molecular formula is C21H25N3O2. The third-order valence-corrected chi connectivity index (χ3v) is 3.85. The number of anilines is 1. The van der Waals surface area contributed by atoms with E-state index >= 15 is 0 Å². The summed E-state index contributed by atoms with van der Waals surface area (Å²) in [5.41, 5.74) is 4.45. The molecule has 0 fully saturated rings. The maximum absolute atomic E-state index is 12.2. The summed E-state index contributed by atoms with van der Waals surface area (Å²) < 4.78 is 0. The molecule has 0 spiro atoms. The summed E-state index contributed by atoms with van der Waals surface area (Å²) in [5, 5.41) is 6.79. The minimum atomic E-state index is -0.323. The minimum Gasteiger partial charge on any atom is -0.326 e. The minimum absolute atomic E-state index is 0.0271.